The molecule has 0 fully saturated rings. The average molecular weight is 621 g/mol. The number of nitrogens with one attached hydrogen (secondary N) is 1. The molecule has 7 nitrogen and oxygen atoms in total. The van der Waals surface area contributed by atoms with Crippen LogP contribution in [0.4, 0.5) is 5.69 Å². The van der Waals surface area contributed by atoms with Crippen LogP contribution < -0.4 is 9.62 Å². The molecule has 3 aromatic carbocycles. The van der Waals surface area contributed by atoms with E-state index in [9.17, 15) is 18.0 Å². The van der Waals surface area contributed by atoms with Crippen molar-refractivity contribution in [2.75, 3.05) is 17.4 Å². The number of hydrogen-bond acceptors (Lipinski definition) is 4. The molecule has 0 aromatic heterocycles. The summed E-state index contributed by atoms with van der Waals surface area (Å²) in [5.41, 5.74) is 0.974. The Morgan fingerprint density at radius 3 is 2.29 bits per heavy atom. The molecule has 10 heteroatoms. The third-order valence-corrected chi connectivity index (χ3v) is 8.59. The van der Waals surface area contributed by atoms with E-state index >= 15 is 0 Å². The number of anilines is 1. The smallest absolute Gasteiger partial charge is 0.264 e. The van der Waals surface area contributed by atoms with Crippen molar-refractivity contribution >= 4 is 55.1 Å². The highest BCUT2D eigenvalue weighted by Crippen LogP contribution is 2.27. The van der Waals surface area contributed by atoms with Crippen molar-refractivity contribution in [2.24, 2.45) is 0 Å². The third-order valence-electron chi connectivity index (χ3n) is 5.94. The van der Waals surface area contributed by atoms with Gasteiger partial charge in [-0.25, -0.2) is 8.42 Å². The predicted molar refractivity (Wildman–Crippen MR) is 154 cm³/mol. The Bertz CT molecular complexity index is 1350. The average Bonchev–Trinajstić information content (AvgIpc) is 2.91. The van der Waals surface area contributed by atoms with E-state index in [-0.39, 0.29) is 17.3 Å². The lowest BCUT2D eigenvalue weighted by Crippen LogP contribution is -2.52. The van der Waals surface area contributed by atoms with Crippen LogP contribution in [0.25, 0.3) is 0 Å². The molecule has 38 heavy (non-hydrogen) atoms. The van der Waals surface area contributed by atoms with E-state index in [4.69, 9.17) is 11.6 Å². The van der Waals surface area contributed by atoms with Crippen LogP contribution in [0.1, 0.15) is 32.3 Å². The van der Waals surface area contributed by atoms with Gasteiger partial charge in [0.1, 0.15) is 12.6 Å². The number of hydrogen-bond donors (Lipinski definition) is 1. The normalized spacial score (nSPS) is 12.0. The molecule has 2 amide bonds. The molecule has 0 aliphatic rings. The van der Waals surface area contributed by atoms with Crippen LogP contribution >= 0.6 is 27.5 Å². The van der Waals surface area contributed by atoms with E-state index < -0.39 is 28.5 Å². The monoisotopic (exact) mass is 619 g/mol. The first kappa shape index (κ1) is 29.7. The predicted octanol–water partition coefficient (Wildman–Crippen LogP) is 5.63. The SMILES string of the molecule is CCCNC(=O)[C@@H](CC)N(Cc1ccccc1Cl)C(=O)CN(c1cccc(Br)c1)S(=O)(=O)c1ccccc1. The molecule has 0 radical (unpaired) electrons. The summed E-state index contributed by atoms with van der Waals surface area (Å²) in [5.74, 6) is -0.822. The van der Waals surface area contributed by atoms with Crippen molar-refractivity contribution in [3.8, 4) is 0 Å². The number of rotatable bonds is 12. The number of amides is 2. The molecule has 0 bridgehead atoms. The van der Waals surface area contributed by atoms with Crippen molar-refractivity contribution in [2.45, 2.75) is 44.2 Å². The Balaban J connectivity index is 2.05. The summed E-state index contributed by atoms with van der Waals surface area (Å²) in [4.78, 5) is 28.5. The molecule has 1 atom stereocenters. The summed E-state index contributed by atoms with van der Waals surface area (Å²) < 4.78 is 29.3. The number of nitrogens with zero attached hydrogens (tertiary/aromatic N) is 2. The lowest BCUT2D eigenvalue weighted by Gasteiger charge is -2.33. The highest BCUT2D eigenvalue weighted by Gasteiger charge is 2.33. The van der Waals surface area contributed by atoms with Crippen LogP contribution in [-0.4, -0.2) is 44.3 Å². The van der Waals surface area contributed by atoms with Gasteiger partial charge in [0.15, 0.2) is 0 Å². The Kier molecular flexibility index (Phi) is 10.8. The molecule has 0 saturated carbocycles. The topological polar surface area (TPSA) is 86.8 Å². The maximum Gasteiger partial charge on any atom is 0.264 e. The maximum absolute atomic E-state index is 14.0. The Hall–Kier alpha value is -2.88. The first-order chi connectivity index (χ1) is 18.2. The fourth-order valence-corrected chi connectivity index (χ4v) is 5.99. The molecule has 0 aliphatic heterocycles. The summed E-state index contributed by atoms with van der Waals surface area (Å²) in [7, 11) is -4.11. The first-order valence-electron chi connectivity index (χ1n) is 12.3. The lowest BCUT2D eigenvalue weighted by molar-refractivity contribution is -0.140. The summed E-state index contributed by atoms with van der Waals surface area (Å²) in [6.07, 6.45) is 1.08. The van der Waals surface area contributed by atoms with Crippen molar-refractivity contribution in [3.05, 3.63) is 93.9 Å². The summed E-state index contributed by atoms with van der Waals surface area (Å²) in [6, 6.07) is 21.0. The van der Waals surface area contributed by atoms with Gasteiger partial charge in [-0.2, -0.15) is 0 Å². The van der Waals surface area contributed by atoms with Crippen molar-refractivity contribution in [3.63, 3.8) is 0 Å². The fraction of sp³-hybridized carbons (Fsp3) is 0.286. The number of carbonyl (C=O) groups is 2. The van der Waals surface area contributed by atoms with Gasteiger partial charge in [0.05, 0.1) is 10.6 Å². The molecule has 0 saturated heterocycles. The Morgan fingerprint density at radius 1 is 0.974 bits per heavy atom. The van der Waals surface area contributed by atoms with Gasteiger partial charge in [-0.05, 0) is 54.8 Å². The number of halogens is 2. The van der Waals surface area contributed by atoms with E-state index in [0.717, 1.165) is 10.7 Å². The molecule has 0 heterocycles. The Morgan fingerprint density at radius 2 is 1.66 bits per heavy atom. The van der Waals surface area contributed by atoms with E-state index in [0.29, 0.717) is 33.7 Å². The van der Waals surface area contributed by atoms with Crippen LogP contribution in [0.2, 0.25) is 5.02 Å². The quantitative estimate of drug-likeness (QED) is 0.284. The number of carbonyl (C=O) groups excluding carboxylic acids is 2. The second-order valence-electron chi connectivity index (χ2n) is 8.63. The van der Waals surface area contributed by atoms with E-state index in [1.807, 2.05) is 13.8 Å². The molecule has 0 unspecified atom stereocenters. The highest BCUT2D eigenvalue weighted by atomic mass is 79.9. The zero-order chi connectivity index (χ0) is 27.7. The molecular weight excluding hydrogens is 590 g/mol. The van der Waals surface area contributed by atoms with Crippen molar-refractivity contribution < 1.29 is 18.0 Å². The van der Waals surface area contributed by atoms with Gasteiger partial charge < -0.3 is 10.2 Å². The maximum atomic E-state index is 14.0. The van der Waals surface area contributed by atoms with E-state index in [2.05, 4.69) is 21.2 Å². The van der Waals surface area contributed by atoms with Crippen LogP contribution in [-0.2, 0) is 26.2 Å². The molecular formula is C28H31BrClN3O4S. The van der Waals surface area contributed by atoms with E-state index in [1.54, 1.807) is 66.7 Å². The molecule has 3 rings (SSSR count). The standard InChI is InChI=1S/C28H31BrClN3O4S/c1-3-17-31-28(35)26(4-2)32(19-21-11-8-9-16-25(21)30)27(34)20-33(23-13-10-12-22(29)18-23)38(36,37)24-14-6-5-7-15-24/h5-16,18,26H,3-4,17,19-20H2,1-2H3,(H,31,35)/t26-/m1/s1. The largest absolute Gasteiger partial charge is 0.354 e. The summed E-state index contributed by atoms with van der Waals surface area (Å²) >= 11 is 9.80. The summed E-state index contributed by atoms with van der Waals surface area (Å²) in [6.45, 7) is 3.77. The van der Waals surface area contributed by atoms with Gasteiger partial charge in [0, 0.05) is 22.6 Å². The van der Waals surface area contributed by atoms with Gasteiger partial charge in [-0.1, -0.05) is 83.8 Å². The minimum absolute atomic E-state index is 0.0499. The van der Waals surface area contributed by atoms with Crippen LogP contribution in [0.5, 0.6) is 0 Å². The van der Waals surface area contributed by atoms with Gasteiger partial charge in [-0.3, -0.25) is 13.9 Å². The molecule has 0 aliphatic carbocycles. The molecule has 1 N–H and O–H groups in total. The summed E-state index contributed by atoms with van der Waals surface area (Å²) in [5, 5.41) is 3.32. The second kappa shape index (κ2) is 13.8. The lowest BCUT2D eigenvalue weighted by atomic mass is 10.1. The van der Waals surface area contributed by atoms with Crippen LogP contribution in [0.3, 0.4) is 0 Å². The van der Waals surface area contributed by atoms with Crippen LogP contribution in [0, 0.1) is 0 Å². The van der Waals surface area contributed by atoms with Crippen LogP contribution in [0.15, 0.2) is 88.2 Å². The highest BCUT2D eigenvalue weighted by molar-refractivity contribution is 9.10. The number of sulfonamides is 1. The van der Waals surface area contributed by atoms with Gasteiger partial charge >= 0.3 is 0 Å². The zero-order valence-electron chi connectivity index (χ0n) is 21.3. The van der Waals surface area contributed by atoms with Gasteiger partial charge in [0.25, 0.3) is 10.0 Å². The Labute approximate surface area is 238 Å². The van der Waals surface area contributed by atoms with Gasteiger partial charge in [-0.15, -0.1) is 0 Å². The zero-order valence-corrected chi connectivity index (χ0v) is 24.5. The van der Waals surface area contributed by atoms with Crippen molar-refractivity contribution in [1.29, 1.82) is 0 Å². The molecule has 202 valence electrons. The molecule has 0 spiro atoms. The molecule has 3 aromatic rings. The van der Waals surface area contributed by atoms with Crippen molar-refractivity contribution in [1.82, 2.24) is 10.2 Å². The van der Waals surface area contributed by atoms with E-state index in [1.165, 1.54) is 17.0 Å². The minimum Gasteiger partial charge on any atom is -0.354 e. The number of benzene rings is 3. The van der Waals surface area contributed by atoms with Gasteiger partial charge in [0.2, 0.25) is 11.8 Å². The fourth-order valence-electron chi connectivity index (χ4n) is 3.98. The second-order valence-corrected chi connectivity index (χ2v) is 11.8. The minimum atomic E-state index is -4.11. The third kappa shape index (κ3) is 7.36. The first-order valence-corrected chi connectivity index (χ1v) is 14.9.